The summed E-state index contributed by atoms with van der Waals surface area (Å²) in [5.74, 6) is 1.35. The zero-order valence-corrected chi connectivity index (χ0v) is 21.5. The molecule has 1 aromatic heterocycles. The predicted molar refractivity (Wildman–Crippen MR) is 137 cm³/mol. The van der Waals surface area contributed by atoms with Crippen LogP contribution in [0.15, 0.2) is 59.2 Å². The zero-order chi connectivity index (χ0) is 25.8. The Labute approximate surface area is 224 Å². The maximum Gasteiger partial charge on any atom is 0.254 e. The third-order valence-corrected chi connectivity index (χ3v) is 6.70. The number of nitrogens with zero attached hydrogens (tertiary/aromatic N) is 2. The van der Waals surface area contributed by atoms with E-state index >= 15 is 0 Å². The highest BCUT2D eigenvalue weighted by molar-refractivity contribution is 6.35. The van der Waals surface area contributed by atoms with Gasteiger partial charge in [0.1, 0.15) is 12.3 Å². The van der Waals surface area contributed by atoms with Crippen molar-refractivity contribution in [1.82, 2.24) is 9.80 Å². The normalized spacial score (nSPS) is 16.1. The standard InChI is InChI=1S/C27H26Cl2N2O6/c28-20-10-19(11-21(29)12-20)27(33)31(15-23-4-2-8-35-23)16-26(32)30(14-22-3-1-7-34-22)13-18-5-6-24-25(9-18)37-17-36-24/h1,3,5-7,9-12,23H,2,4,8,13-17H2/t23-/m0/s1. The van der Waals surface area contributed by atoms with Gasteiger partial charge in [0.15, 0.2) is 11.5 Å². The maximum absolute atomic E-state index is 13.7. The lowest BCUT2D eigenvalue weighted by Gasteiger charge is -2.29. The molecular formula is C27H26Cl2N2O6. The van der Waals surface area contributed by atoms with Crippen LogP contribution >= 0.6 is 23.2 Å². The van der Waals surface area contributed by atoms with Crippen molar-refractivity contribution < 1.29 is 28.2 Å². The van der Waals surface area contributed by atoms with E-state index in [0.717, 1.165) is 18.4 Å². The molecular weight excluding hydrogens is 519 g/mol. The zero-order valence-electron chi connectivity index (χ0n) is 20.0. The van der Waals surface area contributed by atoms with Crippen LogP contribution in [0.2, 0.25) is 10.0 Å². The first kappa shape index (κ1) is 25.4. The topological polar surface area (TPSA) is 81.5 Å². The van der Waals surface area contributed by atoms with Gasteiger partial charge in [-0.25, -0.2) is 0 Å². The van der Waals surface area contributed by atoms with Gasteiger partial charge in [-0.3, -0.25) is 9.59 Å². The molecule has 0 aliphatic carbocycles. The summed E-state index contributed by atoms with van der Waals surface area (Å²) < 4.78 is 22.2. The smallest absolute Gasteiger partial charge is 0.254 e. The molecule has 0 N–H and O–H groups in total. The van der Waals surface area contributed by atoms with Gasteiger partial charge in [-0.15, -0.1) is 0 Å². The number of benzene rings is 2. The third-order valence-electron chi connectivity index (χ3n) is 6.26. The largest absolute Gasteiger partial charge is 0.467 e. The molecule has 2 aromatic carbocycles. The second kappa shape index (κ2) is 11.5. The van der Waals surface area contributed by atoms with E-state index in [-0.39, 0.29) is 44.3 Å². The first-order valence-electron chi connectivity index (χ1n) is 12.0. The number of rotatable bonds is 9. The lowest BCUT2D eigenvalue weighted by Crippen LogP contribution is -2.45. The highest BCUT2D eigenvalue weighted by atomic mass is 35.5. The minimum Gasteiger partial charge on any atom is -0.467 e. The van der Waals surface area contributed by atoms with E-state index in [9.17, 15) is 9.59 Å². The summed E-state index contributed by atoms with van der Waals surface area (Å²) in [6.07, 6.45) is 3.16. The fourth-order valence-corrected chi connectivity index (χ4v) is 4.99. The molecule has 1 fully saturated rings. The SMILES string of the molecule is O=C(CN(C[C@@H]1CCCO1)C(=O)c1cc(Cl)cc(Cl)c1)N(Cc1ccc2c(c1)OCO2)Cc1ccco1. The molecule has 3 heterocycles. The molecule has 0 spiro atoms. The van der Waals surface area contributed by atoms with E-state index in [1.165, 1.54) is 4.90 Å². The Morgan fingerprint density at radius 1 is 0.946 bits per heavy atom. The quantitative estimate of drug-likeness (QED) is 0.369. The van der Waals surface area contributed by atoms with Crippen molar-refractivity contribution in [1.29, 1.82) is 0 Å². The van der Waals surface area contributed by atoms with Gasteiger partial charge < -0.3 is 28.4 Å². The minimum absolute atomic E-state index is 0.140. The van der Waals surface area contributed by atoms with Crippen LogP contribution in [0, 0.1) is 0 Å². The van der Waals surface area contributed by atoms with Crippen LogP contribution in [0.25, 0.3) is 0 Å². The number of fused-ring (bicyclic) bond motifs is 1. The Kier molecular flexibility index (Phi) is 7.88. The number of amides is 2. The lowest BCUT2D eigenvalue weighted by atomic mass is 10.1. The van der Waals surface area contributed by atoms with E-state index < -0.39 is 0 Å². The summed E-state index contributed by atoms with van der Waals surface area (Å²) in [4.78, 5) is 30.4. The summed E-state index contributed by atoms with van der Waals surface area (Å²) in [6.45, 7) is 1.48. The first-order valence-corrected chi connectivity index (χ1v) is 12.8. The molecule has 194 valence electrons. The van der Waals surface area contributed by atoms with Gasteiger partial charge in [0, 0.05) is 35.3 Å². The Morgan fingerprint density at radius 3 is 2.49 bits per heavy atom. The average Bonchev–Trinajstić information content (AvgIpc) is 3.65. The summed E-state index contributed by atoms with van der Waals surface area (Å²) in [7, 11) is 0. The van der Waals surface area contributed by atoms with Gasteiger partial charge in [-0.2, -0.15) is 0 Å². The van der Waals surface area contributed by atoms with Crippen molar-refractivity contribution in [2.45, 2.75) is 32.0 Å². The Hall–Kier alpha value is -3.20. The van der Waals surface area contributed by atoms with Crippen LogP contribution in [0.1, 0.15) is 34.5 Å². The molecule has 10 heteroatoms. The highest BCUT2D eigenvalue weighted by Crippen LogP contribution is 2.33. The fourth-order valence-electron chi connectivity index (χ4n) is 4.46. The Balaban J connectivity index is 1.38. The number of carbonyl (C=O) groups excluding carboxylic acids is 2. The van der Waals surface area contributed by atoms with Gasteiger partial charge in [-0.05, 0) is 60.9 Å². The molecule has 0 radical (unpaired) electrons. The van der Waals surface area contributed by atoms with Gasteiger partial charge in [0.05, 0.1) is 18.9 Å². The maximum atomic E-state index is 13.7. The van der Waals surface area contributed by atoms with Crippen molar-refractivity contribution in [2.75, 3.05) is 26.5 Å². The number of halogens is 2. The molecule has 37 heavy (non-hydrogen) atoms. The number of hydrogen-bond donors (Lipinski definition) is 0. The fraction of sp³-hybridized carbons (Fsp3) is 0.333. The minimum atomic E-state index is -0.339. The molecule has 0 bridgehead atoms. The van der Waals surface area contributed by atoms with Crippen molar-refractivity contribution in [2.24, 2.45) is 0 Å². The number of furan rings is 1. The molecule has 2 aliphatic rings. The van der Waals surface area contributed by atoms with Crippen molar-refractivity contribution in [3.8, 4) is 11.5 Å². The number of carbonyl (C=O) groups is 2. The number of hydrogen-bond acceptors (Lipinski definition) is 6. The van der Waals surface area contributed by atoms with E-state index in [2.05, 4.69) is 0 Å². The number of ether oxygens (including phenoxy) is 3. The second-order valence-corrected chi connectivity index (χ2v) is 9.87. The van der Waals surface area contributed by atoms with Crippen LogP contribution in [0.5, 0.6) is 11.5 Å². The molecule has 8 nitrogen and oxygen atoms in total. The molecule has 2 amide bonds. The van der Waals surface area contributed by atoms with Crippen LogP contribution < -0.4 is 9.47 Å². The van der Waals surface area contributed by atoms with Crippen molar-refractivity contribution in [3.63, 3.8) is 0 Å². The van der Waals surface area contributed by atoms with Crippen molar-refractivity contribution >= 4 is 35.0 Å². The van der Waals surface area contributed by atoms with E-state index in [0.29, 0.717) is 46.0 Å². The lowest BCUT2D eigenvalue weighted by molar-refractivity contribution is -0.133. The van der Waals surface area contributed by atoms with E-state index in [1.807, 2.05) is 24.3 Å². The van der Waals surface area contributed by atoms with Gasteiger partial charge in [0.2, 0.25) is 12.7 Å². The summed E-state index contributed by atoms with van der Waals surface area (Å²) >= 11 is 12.3. The molecule has 0 unspecified atom stereocenters. The highest BCUT2D eigenvalue weighted by Gasteiger charge is 2.28. The third kappa shape index (κ3) is 6.39. The van der Waals surface area contributed by atoms with E-state index in [4.69, 9.17) is 41.8 Å². The second-order valence-electron chi connectivity index (χ2n) is 9.00. The molecule has 1 atom stereocenters. The van der Waals surface area contributed by atoms with Gasteiger partial charge in [-0.1, -0.05) is 29.3 Å². The molecule has 3 aromatic rings. The van der Waals surface area contributed by atoms with Crippen LogP contribution in [-0.2, 0) is 22.6 Å². The summed E-state index contributed by atoms with van der Waals surface area (Å²) in [5, 5.41) is 0.697. The Bertz CT molecular complexity index is 1240. The molecule has 2 aliphatic heterocycles. The molecule has 1 saturated heterocycles. The van der Waals surface area contributed by atoms with E-state index in [1.54, 1.807) is 35.4 Å². The molecule has 5 rings (SSSR count). The molecule has 0 saturated carbocycles. The van der Waals surface area contributed by atoms with Crippen LogP contribution in [0.4, 0.5) is 0 Å². The monoisotopic (exact) mass is 544 g/mol. The van der Waals surface area contributed by atoms with Gasteiger partial charge >= 0.3 is 0 Å². The average molecular weight is 545 g/mol. The van der Waals surface area contributed by atoms with Crippen LogP contribution in [0.3, 0.4) is 0 Å². The van der Waals surface area contributed by atoms with Crippen molar-refractivity contribution in [3.05, 3.63) is 81.7 Å². The first-order chi connectivity index (χ1) is 17.9. The Morgan fingerprint density at radius 2 is 1.76 bits per heavy atom. The van der Waals surface area contributed by atoms with Crippen LogP contribution in [-0.4, -0.2) is 54.2 Å². The summed E-state index contributed by atoms with van der Waals surface area (Å²) in [6, 6.07) is 13.8. The predicted octanol–water partition coefficient (Wildman–Crippen LogP) is 5.17. The summed E-state index contributed by atoms with van der Waals surface area (Å²) in [5.41, 5.74) is 1.18. The van der Waals surface area contributed by atoms with Gasteiger partial charge in [0.25, 0.3) is 5.91 Å².